The predicted octanol–water partition coefficient (Wildman–Crippen LogP) is 10.5. The number of aromatic hydroxyl groups is 1. The molecule has 7 N–H and O–H groups in total. The topological polar surface area (TPSA) is 157 Å². The van der Waals surface area contributed by atoms with Crippen LogP contribution in [0.5, 0.6) is 5.75 Å². The van der Waals surface area contributed by atoms with E-state index in [0.717, 1.165) is 106 Å². The quantitative estimate of drug-likeness (QED) is 0.0953. The second-order valence-electron chi connectivity index (χ2n) is 26.2. The van der Waals surface area contributed by atoms with E-state index in [4.69, 9.17) is 10.5 Å². The summed E-state index contributed by atoms with van der Waals surface area (Å²) in [7, 11) is 1.91. The molecule has 0 amide bonds. The summed E-state index contributed by atoms with van der Waals surface area (Å²) < 4.78 is 6.67. The van der Waals surface area contributed by atoms with Gasteiger partial charge in [0.05, 0.1) is 17.3 Å². The number of aliphatic hydroxyl groups is 2. The number of aliphatic hydroxyl groups excluding tert-OH is 1. The number of nitrogens with one attached hydrogen (secondary N) is 2. The van der Waals surface area contributed by atoms with Crippen LogP contribution in [0.3, 0.4) is 0 Å². The summed E-state index contributed by atoms with van der Waals surface area (Å²) in [6, 6.07) is 12.5. The summed E-state index contributed by atoms with van der Waals surface area (Å²) in [6.07, 6.45) is 13.4. The molecule has 0 unspecified atom stereocenters. The number of nitrogens with two attached hydrogens (primary N) is 1. The highest BCUT2D eigenvalue weighted by molar-refractivity contribution is 6.03. The van der Waals surface area contributed by atoms with Crippen LogP contribution in [0, 0.1) is 57.2 Å². The van der Waals surface area contributed by atoms with Crippen LogP contribution < -0.4 is 16.4 Å². The highest BCUT2D eigenvalue weighted by Gasteiger charge is 2.75. The summed E-state index contributed by atoms with van der Waals surface area (Å²) in [6.45, 7) is 19.2. The number of phenols is 1. The van der Waals surface area contributed by atoms with Crippen molar-refractivity contribution < 1.29 is 29.6 Å². The van der Waals surface area contributed by atoms with Crippen molar-refractivity contribution in [1.29, 1.82) is 0 Å². The summed E-state index contributed by atoms with van der Waals surface area (Å²) in [5.74, 6) is 1.78. The number of fused-ring (bicyclic) bond motifs is 1. The van der Waals surface area contributed by atoms with E-state index in [2.05, 4.69) is 83.4 Å². The van der Waals surface area contributed by atoms with Crippen molar-refractivity contribution >= 4 is 17.3 Å². The molecule has 0 aromatic heterocycles. The molecule has 0 radical (unpaired) electrons. The Morgan fingerprint density at radius 2 is 1.62 bits per heavy atom. The summed E-state index contributed by atoms with van der Waals surface area (Å²) in [4.78, 5) is 31.0. The average Bonchev–Trinajstić information content (AvgIpc) is 3.60. The van der Waals surface area contributed by atoms with E-state index in [1.807, 2.05) is 26.1 Å². The number of carbonyl (C=O) groups is 2. The number of anilines is 1. The lowest BCUT2D eigenvalue weighted by Crippen LogP contribution is -2.72. The molecule has 2 heterocycles. The lowest BCUT2D eigenvalue weighted by atomic mass is 9.31. The van der Waals surface area contributed by atoms with Gasteiger partial charge in [-0.1, -0.05) is 84.9 Å². The summed E-state index contributed by atoms with van der Waals surface area (Å²) in [5.41, 5.74) is 11.5. The number of hydrogen-bond donors (Lipinski definition) is 6. The fourth-order valence-corrected chi connectivity index (χ4v) is 18.8. The molecule has 2 aromatic rings. The van der Waals surface area contributed by atoms with Gasteiger partial charge in [0.25, 0.3) is 0 Å². The molecule has 9 heteroatoms. The number of β-amino-alcohol motifs (C(OH)–C–C–N with tert-alkyl or cyclic N) is 1. The molecule has 7 fully saturated rings. The first kappa shape index (κ1) is 49.5. The molecule has 8 aliphatic rings. The fraction of sp³-hybridized carbons (Fsp3) is 0.733. The highest BCUT2D eigenvalue weighted by atomic mass is 16.6. The minimum atomic E-state index is -0.860. The molecular formula is C60H87N3O6. The number of nitrogen functional groups attached to an aromatic ring is 1. The molecule has 6 aliphatic carbocycles. The minimum absolute atomic E-state index is 0.0127. The van der Waals surface area contributed by atoms with E-state index in [9.17, 15) is 15.3 Å². The van der Waals surface area contributed by atoms with E-state index in [1.165, 1.54) is 16.7 Å². The number of allylic oxidation sites excluding steroid dienone is 2. The molecule has 16 atom stereocenters. The Labute approximate surface area is 414 Å². The van der Waals surface area contributed by atoms with Gasteiger partial charge in [0.15, 0.2) is 5.78 Å². The van der Waals surface area contributed by atoms with Crippen LogP contribution in [0.15, 0.2) is 47.5 Å². The molecule has 9 nitrogen and oxygen atoms in total. The van der Waals surface area contributed by atoms with Crippen LogP contribution in [-0.4, -0.2) is 69.9 Å². The summed E-state index contributed by atoms with van der Waals surface area (Å²) >= 11 is 0. The third kappa shape index (κ3) is 7.85. The fourth-order valence-electron chi connectivity index (χ4n) is 18.8. The van der Waals surface area contributed by atoms with Gasteiger partial charge < -0.3 is 36.4 Å². The second-order valence-corrected chi connectivity index (χ2v) is 26.2. The Hall–Kier alpha value is -3.08. The van der Waals surface area contributed by atoms with Crippen molar-refractivity contribution in [3.8, 4) is 5.75 Å². The Balaban J connectivity index is 0.981. The standard InChI is InChI=1S/C60H87N3O6/c1-34(2)22-36-24-38(28-40(61)26-36)42-14-12-15-44(42)59(8)54(69-59)48(65)23-35(3)50-45-17-18-49-57(6)30-43(39-25-37(32-62-9)27-41(64)29-39)53(67)56(5)20-11-10-19-55(4,68)33-63-47(52(56)57)31-60(49)21-13-16-46(51(50)66)58(45,60)7/h24-29,34-35,42-44,46-49,52,54,62-65,68H,10-23,30-33,61H2,1-9H3/t35-,42+,43-,44-,46+,47+,48-,49-,52+,54-,55-,56-,57+,58-,59-,60+/m1/s1. The Morgan fingerprint density at radius 1 is 0.870 bits per heavy atom. The number of benzene rings is 2. The number of ether oxygens (including phenoxy) is 1. The lowest BCUT2D eigenvalue weighted by molar-refractivity contribution is -0.219. The predicted molar refractivity (Wildman–Crippen MR) is 274 cm³/mol. The maximum Gasteiger partial charge on any atom is 0.163 e. The zero-order valence-electron chi connectivity index (χ0n) is 43.7. The molecule has 0 bridgehead atoms. The van der Waals surface area contributed by atoms with Crippen molar-refractivity contribution in [3.63, 3.8) is 0 Å². The number of epoxide rings is 1. The number of Topliss-reactive ketones (excluding diaryl/α,β-unsaturated/α-hetero) is 2. The molecular weight excluding hydrogens is 859 g/mol. The third-order valence-electron chi connectivity index (χ3n) is 21.3. The van der Waals surface area contributed by atoms with Gasteiger partial charge in [-0.15, -0.1) is 0 Å². The van der Waals surface area contributed by atoms with Crippen molar-refractivity contribution in [3.05, 3.63) is 69.8 Å². The van der Waals surface area contributed by atoms with E-state index in [0.29, 0.717) is 61.7 Å². The zero-order chi connectivity index (χ0) is 49.2. The normalized spacial score (nSPS) is 42.7. The monoisotopic (exact) mass is 946 g/mol. The smallest absolute Gasteiger partial charge is 0.163 e. The minimum Gasteiger partial charge on any atom is -0.508 e. The van der Waals surface area contributed by atoms with Gasteiger partial charge in [-0.2, -0.15) is 0 Å². The van der Waals surface area contributed by atoms with Gasteiger partial charge in [-0.25, -0.2) is 0 Å². The maximum atomic E-state index is 15.5. The first-order valence-electron chi connectivity index (χ1n) is 27.6. The maximum absolute atomic E-state index is 15.5. The molecule has 2 aliphatic heterocycles. The van der Waals surface area contributed by atoms with Crippen LogP contribution >= 0.6 is 0 Å². The molecule has 2 saturated heterocycles. The molecule has 1 spiro atoms. The van der Waals surface area contributed by atoms with Crippen molar-refractivity contribution in [2.24, 2.45) is 57.2 Å². The van der Waals surface area contributed by atoms with Gasteiger partial charge in [0.1, 0.15) is 17.6 Å². The van der Waals surface area contributed by atoms with Crippen molar-refractivity contribution in [1.82, 2.24) is 10.6 Å². The van der Waals surface area contributed by atoms with E-state index < -0.39 is 22.7 Å². The second kappa shape index (κ2) is 17.6. The van der Waals surface area contributed by atoms with Crippen molar-refractivity contribution in [2.75, 3.05) is 19.3 Å². The Morgan fingerprint density at radius 3 is 2.38 bits per heavy atom. The molecule has 5 saturated carbocycles. The number of ketones is 2. The first-order valence-corrected chi connectivity index (χ1v) is 27.6. The van der Waals surface area contributed by atoms with Crippen LogP contribution in [-0.2, 0) is 27.3 Å². The molecule has 69 heavy (non-hydrogen) atoms. The number of rotatable bonds is 11. The summed E-state index contributed by atoms with van der Waals surface area (Å²) in [5, 5.41) is 42.4. The van der Waals surface area contributed by atoms with Gasteiger partial charge in [0.2, 0.25) is 0 Å². The SMILES string of the molecule is CNCc1cc(O)cc([C@H]2C[C@@]3(C)[C@H]4CCC5=C([C@H](C)C[C@@H](O)[C@H]6O[C@]6(C)[C@@H]6CCC[C@H]6c6cc(N)cc(CC(C)C)c6)C(=O)[C@@H]6CCC[C@@]4(C[C@@H]4NC[C@](C)(O)CCCC[C@@](C)(C2=O)[C@H]43)[C@]56C)c1. The zero-order valence-corrected chi connectivity index (χ0v) is 43.7. The molecule has 10 rings (SSSR count). The Kier molecular flexibility index (Phi) is 12.6. The van der Waals surface area contributed by atoms with Crippen LogP contribution in [0.1, 0.15) is 186 Å². The number of hydrogen-bond acceptors (Lipinski definition) is 9. The van der Waals surface area contributed by atoms with Crippen LogP contribution in [0.2, 0.25) is 0 Å². The molecule has 2 aromatic carbocycles. The Bertz CT molecular complexity index is 2380. The van der Waals surface area contributed by atoms with Gasteiger partial charge in [-0.05, 0) is 196 Å². The van der Waals surface area contributed by atoms with Crippen molar-refractivity contribution in [2.45, 2.75) is 206 Å². The van der Waals surface area contributed by atoms with Crippen LogP contribution in [0.4, 0.5) is 5.69 Å². The number of carbonyl (C=O) groups excluding carboxylic acids is 2. The molecule has 378 valence electrons. The third-order valence-corrected chi connectivity index (χ3v) is 21.3. The van der Waals surface area contributed by atoms with Gasteiger partial charge in [-0.3, -0.25) is 9.59 Å². The first-order chi connectivity index (χ1) is 32.6. The lowest BCUT2D eigenvalue weighted by Gasteiger charge is -2.73. The van der Waals surface area contributed by atoms with E-state index in [-0.39, 0.29) is 63.7 Å². The van der Waals surface area contributed by atoms with E-state index in [1.54, 1.807) is 0 Å². The highest BCUT2D eigenvalue weighted by Crippen LogP contribution is 2.79. The van der Waals surface area contributed by atoms with Gasteiger partial charge >= 0.3 is 0 Å². The van der Waals surface area contributed by atoms with Gasteiger partial charge in [0, 0.05) is 47.5 Å². The van der Waals surface area contributed by atoms with E-state index >= 15 is 9.59 Å². The van der Waals surface area contributed by atoms with Crippen LogP contribution in [0.25, 0.3) is 0 Å². The average molecular weight is 946 g/mol. The number of phenolic OH excluding ortho intramolecular Hbond substituents is 1. The largest absolute Gasteiger partial charge is 0.508 e.